The van der Waals surface area contributed by atoms with Crippen molar-refractivity contribution >= 4 is 17.3 Å². The zero-order chi connectivity index (χ0) is 19.4. The maximum absolute atomic E-state index is 13.4. The van der Waals surface area contributed by atoms with E-state index in [9.17, 15) is 19.3 Å². The highest BCUT2D eigenvalue weighted by Gasteiger charge is 2.22. The third-order valence-corrected chi connectivity index (χ3v) is 4.05. The normalized spacial score (nSPS) is 12.7. The van der Waals surface area contributed by atoms with Crippen molar-refractivity contribution in [3.8, 4) is 11.5 Å². The first-order valence-electron chi connectivity index (χ1n) is 8.12. The Labute approximate surface area is 154 Å². The number of hydrogen-bond donors (Lipinski definition) is 0. The van der Waals surface area contributed by atoms with Crippen molar-refractivity contribution in [1.82, 2.24) is 0 Å². The summed E-state index contributed by atoms with van der Waals surface area (Å²) in [6, 6.07) is 8.79. The molecule has 0 fully saturated rings. The number of carbonyl (C=O) groups excluding carboxylic acids is 1. The van der Waals surface area contributed by atoms with Crippen LogP contribution in [0.25, 0.3) is 0 Å². The summed E-state index contributed by atoms with van der Waals surface area (Å²) in [5.74, 6) is -0.601. The highest BCUT2D eigenvalue weighted by Crippen LogP contribution is 2.34. The molecule has 0 N–H and O–H groups in total. The lowest BCUT2D eigenvalue weighted by Gasteiger charge is -2.31. The number of ether oxygens (including phenoxy) is 3. The number of halogens is 1. The van der Waals surface area contributed by atoms with E-state index in [4.69, 9.17) is 9.47 Å². The zero-order valence-corrected chi connectivity index (χ0v) is 14.5. The van der Waals surface area contributed by atoms with Crippen molar-refractivity contribution in [1.29, 1.82) is 0 Å². The molecule has 27 heavy (non-hydrogen) atoms. The second-order valence-electron chi connectivity index (χ2n) is 5.81. The molecule has 0 spiro atoms. The first-order chi connectivity index (χ1) is 13.0. The molecule has 0 aromatic heterocycles. The van der Waals surface area contributed by atoms with E-state index in [1.165, 1.54) is 31.4 Å². The largest absolute Gasteiger partial charge is 0.489 e. The molecule has 8 nitrogen and oxygen atoms in total. The lowest BCUT2D eigenvalue weighted by atomic mass is 10.1. The minimum absolute atomic E-state index is 0.0152. The van der Waals surface area contributed by atoms with Gasteiger partial charge in [-0.1, -0.05) is 6.07 Å². The maximum atomic E-state index is 13.4. The number of nitrogens with zero attached hydrogens (tertiary/aromatic N) is 2. The van der Waals surface area contributed by atoms with Crippen LogP contribution >= 0.6 is 0 Å². The van der Waals surface area contributed by atoms with E-state index in [2.05, 4.69) is 4.74 Å². The van der Waals surface area contributed by atoms with Gasteiger partial charge < -0.3 is 19.1 Å². The smallest absolute Gasteiger partial charge is 0.343 e. The van der Waals surface area contributed by atoms with Crippen LogP contribution < -0.4 is 14.4 Å². The van der Waals surface area contributed by atoms with Gasteiger partial charge in [0.1, 0.15) is 18.2 Å². The molecule has 0 saturated carbocycles. The Balaban J connectivity index is 1.81. The van der Waals surface area contributed by atoms with Crippen LogP contribution in [-0.2, 0) is 16.1 Å². The molecule has 0 atom stereocenters. The van der Waals surface area contributed by atoms with Gasteiger partial charge in [-0.2, -0.15) is 0 Å². The van der Waals surface area contributed by atoms with Crippen molar-refractivity contribution in [2.75, 3.05) is 31.8 Å². The number of anilines is 1. The fourth-order valence-corrected chi connectivity index (χ4v) is 2.76. The lowest BCUT2D eigenvalue weighted by Crippen LogP contribution is -2.32. The summed E-state index contributed by atoms with van der Waals surface area (Å²) < 4.78 is 28.5. The van der Waals surface area contributed by atoms with Gasteiger partial charge in [0.15, 0.2) is 12.4 Å². The van der Waals surface area contributed by atoms with E-state index in [-0.39, 0.29) is 11.4 Å². The molecule has 2 aromatic carbocycles. The van der Waals surface area contributed by atoms with Gasteiger partial charge in [-0.15, -0.1) is 0 Å². The van der Waals surface area contributed by atoms with Crippen LogP contribution in [0.2, 0.25) is 0 Å². The van der Waals surface area contributed by atoms with E-state index in [0.717, 1.165) is 5.69 Å². The van der Waals surface area contributed by atoms with Crippen molar-refractivity contribution in [2.24, 2.45) is 0 Å². The molecule has 1 aliphatic rings. The van der Waals surface area contributed by atoms with Crippen LogP contribution in [-0.4, -0.2) is 37.8 Å². The molecule has 2 aromatic rings. The summed E-state index contributed by atoms with van der Waals surface area (Å²) >= 11 is 0. The van der Waals surface area contributed by atoms with Crippen molar-refractivity contribution < 1.29 is 28.3 Å². The molecule has 0 aliphatic carbocycles. The van der Waals surface area contributed by atoms with Gasteiger partial charge in [-0.05, 0) is 23.8 Å². The number of hydrogen-bond acceptors (Lipinski definition) is 7. The van der Waals surface area contributed by atoms with Gasteiger partial charge in [0.05, 0.1) is 24.3 Å². The van der Waals surface area contributed by atoms with E-state index < -0.39 is 23.3 Å². The number of rotatable bonds is 6. The molecule has 0 amide bonds. The maximum Gasteiger partial charge on any atom is 0.343 e. The molecule has 142 valence electrons. The van der Waals surface area contributed by atoms with Crippen molar-refractivity contribution in [3.05, 3.63) is 57.9 Å². The van der Waals surface area contributed by atoms with Crippen LogP contribution in [0, 0.1) is 15.9 Å². The first-order valence-corrected chi connectivity index (χ1v) is 8.12. The van der Waals surface area contributed by atoms with Gasteiger partial charge in [0.2, 0.25) is 0 Å². The zero-order valence-electron chi connectivity index (χ0n) is 14.5. The number of benzene rings is 2. The van der Waals surface area contributed by atoms with Crippen LogP contribution in [0.5, 0.6) is 11.5 Å². The quantitative estimate of drug-likeness (QED) is 0.435. The molecule has 0 saturated heterocycles. The van der Waals surface area contributed by atoms with Gasteiger partial charge in [-0.3, -0.25) is 10.1 Å². The molecule has 9 heteroatoms. The molecule has 0 bridgehead atoms. The number of fused-ring (bicyclic) bond motifs is 1. The van der Waals surface area contributed by atoms with E-state index in [1.54, 1.807) is 12.1 Å². The molecule has 1 heterocycles. The SMILES string of the molecule is COC(=O)COc1ccc(CN2CCOc3cc(F)ccc32)cc1[N+](=O)[O-]. The summed E-state index contributed by atoms with van der Waals surface area (Å²) in [4.78, 5) is 23.9. The Morgan fingerprint density at radius 2 is 2.15 bits per heavy atom. The Hall–Kier alpha value is -3.36. The Bertz CT molecular complexity index is 873. The van der Waals surface area contributed by atoms with E-state index in [1.807, 2.05) is 4.90 Å². The first kappa shape index (κ1) is 18.4. The number of esters is 1. The third-order valence-electron chi connectivity index (χ3n) is 4.05. The average Bonchev–Trinajstić information content (AvgIpc) is 2.66. The predicted octanol–water partition coefficient (Wildman–Crippen LogP) is 2.68. The van der Waals surface area contributed by atoms with Crippen LogP contribution in [0.3, 0.4) is 0 Å². The van der Waals surface area contributed by atoms with Gasteiger partial charge >= 0.3 is 11.7 Å². The highest BCUT2D eigenvalue weighted by molar-refractivity contribution is 5.71. The second-order valence-corrected chi connectivity index (χ2v) is 5.81. The predicted molar refractivity (Wildman–Crippen MR) is 93.6 cm³/mol. The van der Waals surface area contributed by atoms with Crippen LogP contribution in [0.15, 0.2) is 36.4 Å². The van der Waals surface area contributed by atoms with Gasteiger partial charge in [-0.25, -0.2) is 9.18 Å². The highest BCUT2D eigenvalue weighted by atomic mass is 19.1. The number of nitro benzene ring substituents is 1. The number of nitro groups is 1. The topological polar surface area (TPSA) is 91.1 Å². The van der Waals surface area contributed by atoms with Crippen LogP contribution in [0.4, 0.5) is 15.8 Å². The summed E-state index contributed by atoms with van der Waals surface area (Å²) in [6.45, 7) is 0.908. The molecule has 0 unspecified atom stereocenters. The van der Waals surface area contributed by atoms with Crippen LogP contribution in [0.1, 0.15) is 5.56 Å². The van der Waals surface area contributed by atoms with Crippen molar-refractivity contribution in [2.45, 2.75) is 6.54 Å². The minimum Gasteiger partial charge on any atom is -0.489 e. The van der Waals surface area contributed by atoms with Gasteiger partial charge in [0.25, 0.3) is 0 Å². The molecular formula is C18H17FN2O6. The number of carbonyl (C=O) groups is 1. The minimum atomic E-state index is -0.634. The van der Waals surface area contributed by atoms with Gasteiger partial charge in [0, 0.05) is 18.7 Å². The summed E-state index contributed by atoms with van der Waals surface area (Å²) in [5, 5.41) is 11.4. The summed E-state index contributed by atoms with van der Waals surface area (Å²) in [7, 11) is 1.20. The fourth-order valence-electron chi connectivity index (χ4n) is 2.76. The molecule has 3 rings (SSSR count). The monoisotopic (exact) mass is 376 g/mol. The van der Waals surface area contributed by atoms with Crippen molar-refractivity contribution in [3.63, 3.8) is 0 Å². The standard InChI is InChI=1S/C18H17FN2O6/c1-25-18(22)11-27-16-5-2-12(8-15(16)21(23)24)10-20-6-7-26-17-9-13(19)3-4-14(17)20/h2-5,8-9H,6-7,10-11H2,1H3. The summed E-state index contributed by atoms with van der Waals surface area (Å²) in [5.41, 5.74) is 1.14. The molecular weight excluding hydrogens is 359 g/mol. The Morgan fingerprint density at radius 1 is 1.33 bits per heavy atom. The molecule has 0 radical (unpaired) electrons. The number of methoxy groups -OCH3 is 1. The summed E-state index contributed by atoms with van der Waals surface area (Å²) in [6.07, 6.45) is 0. The Kier molecular flexibility index (Phi) is 5.39. The second kappa shape index (κ2) is 7.90. The van der Waals surface area contributed by atoms with E-state index in [0.29, 0.717) is 31.0 Å². The Morgan fingerprint density at radius 3 is 2.89 bits per heavy atom. The fraction of sp³-hybridized carbons (Fsp3) is 0.278. The van der Waals surface area contributed by atoms with E-state index >= 15 is 0 Å². The third kappa shape index (κ3) is 4.25. The lowest BCUT2D eigenvalue weighted by molar-refractivity contribution is -0.385. The molecule has 1 aliphatic heterocycles. The average molecular weight is 376 g/mol.